The first-order chi connectivity index (χ1) is 10.2. The first kappa shape index (κ1) is 16.4. The van der Waals surface area contributed by atoms with Gasteiger partial charge in [0.2, 0.25) is 0 Å². The van der Waals surface area contributed by atoms with Gasteiger partial charge in [-0.2, -0.15) is 0 Å². The fourth-order valence-corrected chi connectivity index (χ4v) is 3.87. The lowest BCUT2D eigenvalue weighted by molar-refractivity contribution is -0.138. The summed E-state index contributed by atoms with van der Waals surface area (Å²) in [5, 5.41) is 12.3. The van der Waals surface area contributed by atoms with Gasteiger partial charge in [-0.1, -0.05) is 56.9 Å². The van der Waals surface area contributed by atoms with Gasteiger partial charge in [0.25, 0.3) is 0 Å². The molecule has 21 heavy (non-hydrogen) atoms. The summed E-state index contributed by atoms with van der Waals surface area (Å²) in [5.41, 5.74) is 2.57. The summed E-state index contributed by atoms with van der Waals surface area (Å²) < 4.78 is 0. The largest absolute Gasteiger partial charge is 0.480 e. The zero-order valence-electron chi connectivity index (χ0n) is 12.7. The van der Waals surface area contributed by atoms with E-state index in [0.29, 0.717) is 5.75 Å². The van der Waals surface area contributed by atoms with E-state index in [1.54, 1.807) is 11.8 Å². The van der Waals surface area contributed by atoms with Gasteiger partial charge in [0.15, 0.2) is 0 Å². The van der Waals surface area contributed by atoms with E-state index in [1.807, 2.05) is 0 Å². The second kappa shape index (κ2) is 8.44. The third kappa shape index (κ3) is 5.04. The maximum atomic E-state index is 11.0. The van der Waals surface area contributed by atoms with Crippen molar-refractivity contribution in [3.05, 3.63) is 35.4 Å². The quantitative estimate of drug-likeness (QED) is 0.713. The van der Waals surface area contributed by atoms with E-state index in [4.69, 9.17) is 5.11 Å². The highest BCUT2D eigenvalue weighted by molar-refractivity contribution is 7.99. The van der Waals surface area contributed by atoms with Gasteiger partial charge in [0, 0.05) is 5.75 Å². The van der Waals surface area contributed by atoms with Crippen molar-refractivity contribution in [2.45, 2.75) is 56.9 Å². The highest BCUT2D eigenvalue weighted by Gasteiger charge is 2.30. The molecule has 2 rings (SSSR count). The number of rotatable bonds is 8. The number of unbranched alkanes of at least 4 members (excludes halogenated alkanes) is 4. The summed E-state index contributed by atoms with van der Waals surface area (Å²) in [5.74, 6) is -0.113. The number of nitrogens with one attached hydrogen (secondary N) is 1. The molecule has 1 heterocycles. The maximum absolute atomic E-state index is 11.0. The van der Waals surface area contributed by atoms with Crippen LogP contribution in [0.2, 0.25) is 0 Å². The average molecular weight is 307 g/mol. The van der Waals surface area contributed by atoms with E-state index in [1.165, 1.54) is 43.2 Å². The SMILES string of the molecule is CCCCCCCc1cccc([C@@H]2N[C@H](C(=O)O)CS2)c1. The minimum absolute atomic E-state index is 0.117. The fraction of sp³-hybridized carbons (Fsp3) is 0.588. The lowest BCUT2D eigenvalue weighted by Crippen LogP contribution is -2.33. The van der Waals surface area contributed by atoms with E-state index in [0.717, 1.165) is 6.42 Å². The molecule has 0 amide bonds. The van der Waals surface area contributed by atoms with Crippen LogP contribution in [0.5, 0.6) is 0 Å². The Bertz CT molecular complexity index is 464. The van der Waals surface area contributed by atoms with Crippen LogP contribution in [0.25, 0.3) is 0 Å². The molecule has 0 aromatic heterocycles. The molecule has 2 atom stereocenters. The molecule has 0 saturated carbocycles. The Balaban J connectivity index is 1.85. The number of thioether (sulfide) groups is 1. The van der Waals surface area contributed by atoms with Crippen LogP contribution in [0.15, 0.2) is 24.3 Å². The van der Waals surface area contributed by atoms with Crippen molar-refractivity contribution < 1.29 is 9.90 Å². The topological polar surface area (TPSA) is 49.3 Å². The van der Waals surface area contributed by atoms with Crippen molar-refractivity contribution in [1.29, 1.82) is 0 Å². The lowest BCUT2D eigenvalue weighted by Gasteiger charge is -2.12. The molecule has 0 unspecified atom stereocenters. The predicted molar refractivity (Wildman–Crippen MR) is 88.7 cm³/mol. The van der Waals surface area contributed by atoms with Gasteiger partial charge in [-0.15, -0.1) is 11.8 Å². The third-order valence-electron chi connectivity index (χ3n) is 3.90. The van der Waals surface area contributed by atoms with Crippen LogP contribution in [0.4, 0.5) is 0 Å². The van der Waals surface area contributed by atoms with Crippen molar-refractivity contribution in [3.63, 3.8) is 0 Å². The van der Waals surface area contributed by atoms with E-state index in [9.17, 15) is 4.79 Å². The van der Waals surface area contributed by atoms with Crippen LogP contribution in [0.3, 0.4) is 0 Å². The zero-order chi connectivity index (χ0) is 15.1. The van der Waals surface area contributed by atoms with Gasteiger partial charge in [-0.3, -0.25) is 10.1 Å². The first-order valence-electron chi connectivity index (χ1n) is 7.90. The smallest absolute Gasteiger partial charge is 0.321 e. The standard InChI is InChI=1S/C17H25NO2S/c1-2-3-4-5-6-8-13-9-7-10-14(11-13)16-18-15(12-21-16)17(19)20/h7,9-11,15-16,18H,2-6,8,12H2,1H3,(H,19,20)/t15-,16+/m0/s1. The van der Waals surface area contributed by atoms with Crippen LogP contribution in [-0.2, 0) is 11.2 Å². The van der Waals surface area contributed by atoms with Crippen molar-refractivity contribution in [1.82, 2.24) is 5.32 Å². The van der Waals surface area contributed by atoms with Crippen LogP contribution in [0.1, 0.15) is 55.5 Å². The maximum Gasteiger partial charge on any atom is 0.321 e. The van der Waals surface area contributed by atoms with Crippen LogP contribution in [-0.4, -0.2) is 22.9 Å². The average Bonchev–Trinajstić information content (AvgIpc) is 2.97. The molecule has 2 N–H and O–H groups in total. The summed E-state index contributed by atoms with van der Waals surface area (Å²) in [7, 11) is 0. The van der Waals surface area contributed by atoms with Crippen molar-refractivity contribution in [2.75, 3.05) is 5.75 Å². The lowest BCUT2D eigenvalue weighted by atomic mass is 10.0. The minimum atomic E-state index is -0.753. The van der Waals surface area contributed by atoms with Crippen LogP contribution >= 0.6 is 11.8 Å². The molecular weight excluding hydrogens is 282 g/mol. The first-order valence-corrected chi connectivity index (χ1v) is 8.95. The molecule has 0 radical (unpaired) electrons. The van der Waals surface area contributed by atoms with Gasteiger partial charge in [-0.05, 0) is 24.0 Å². The molecule has 3 nitrogen and oxygen atoms in total. The minimum Gasteiger partial charge on any atom is -0.480 e. The summed E-state index contributed by atoms with van der Waals surface area (Å²) in [6.45, 7) is 2.24. The Morgan fingerprint density at radius 3 is 2.86 bits per heavy atom. The Labute approximate surface area is 131 Å². The Morgan fingerprint density at radius 1 is 1.33 bits per heavy atom. The molecule has 1 aromatic rings. The van der Waals surface area contributed by atoms with E-state index >= 15 is 0 Å². The Hall–Kier alpha value is -1.00. The van der Waals surface area contributed by atoms with Crippen molar-refractivity contribution >= 4 is 17.7 Å². The summed E-state index contributed by atoms with van der Waals surface area (Å²) in [4.78, 5) is 11.0. The van der Waals surface area contributed by atoms with Gasteiger partial charge < -0.3 is 5.11 Å². The monoisotopic (exact) mass is 307 g/mol. The number of benzene rings is 1. The molecular formula is C17H25NO2S. The third-order valence-corrected chi connectivity index (χ3v) is 5.17. The van der Waals surface area contributed by atoms with Gasteiger partial charge in [-0.25, -0.2) is 0 Å². The number of carbonyl (C=O) groups is 1. The molecule has 1 fully saturated rings. The van der Waals surface area contributed by atoms with Gasteiger partial charge in [0.1, 0.15) is 6.04 Å². The summed E-state index contributed by atoms with van der Waals surface area (Å²) in [6.07, 6.45) is 7.61. The second-order valence-corrected chi connectivity index (χ2v) is 6.82. The van der Waals surface area contributed by atoms with Gasteiger partial charge >= 0.3 is 5.97 Å². The fourth-order valence-electron chi connectivity index (χ4n) is 2.65. The van der Waals surface area contributed by atoms with Crippen LogP contribution < -0.4 is 5.32 Å². The van der Waals surface area contributed by atoms with E-state index in [-0.39, 0.29) is 5.37 Å². The predicted octanol–water partition coefficient (Wildman–Crippen LogP) is 3.99. The zero-order valence-corrected chi connectivity index (χ0v) is 13.5. The number of carboxylic acids is 1. The molecule has 4 heteroatoms. The number of aliphatic carboxylic acids is 1. The second-order valence-electron chi connectivity index (χ2n) is 5.68. The molecule has 1 aliphatic rings. The Morgan fingerprint density at radius 2 is 2.14 bits per heavy atom. The van der Waals surface area contributed by atoms with Crippen molar-refractivity contribution in [3.8, 4) is 0 Å². The molecule has 0 aliphatic carbocycles. The summed E-state index contributed by atoms with van der Waals surface area (Å²) in [6, 6.07) is 8.17. The van der Waals surface area contributed by atoms with Crippen LogP contribution in [0, 0.1) is 0 Å². The van der Waals surface area contributed by atoms with E-state index in [2.05, 4.69) is 36.5 Å². The van der Waals surface area contributed by atoms with Gasteiger partial charge in [0.05, 0.1) is 5.37 Å². The molecule has 1 aliphatic heterocycles. The van der Waals surface area contributed by atoms with E-state index < -0.39 is 12.0 Å². The molecule has 0 bridgehead atoms. The number of aryl methyl sites for hydroxylation is 1. The molecule has 1 aromatic carbocycles. The summed E-state index contributed by atoms with van der Waals surface area (Å²) >= 11 is 1.68. The van der Waals surface area contributed by atoms with Crippen molar-refractivity contribution in [2.24, 2.45) is 0 Å². The highest BCUT2D eigenvalue weighted by Crippen LogP contribution is 2.33. The number of hydrogen-bond acceptors (Lipinski definition) is 3. The number of carboxylic acid groups (broad SMARTS) is 1. The molecule has 116 valence electrons. The highest BCUT2D eigenvalue weighted by atomic mass is 32.2. The molecule has 1 saturated heterocycles. The molecule has 0 spiro atoms. The normalized spacial score (nSPS) is 21.6. The number of hydrogen-bond donors (Lipinski definition) is 2. The Kier molecular flexibility index (Phi) is 6.58.